The lowest BCUT2D eigenvalue weighted by molar-refractivity contribution is -0.159. The highest BCUT2D eigenvalue weighted by molar-refractivity contribution is 9.10. The van der Waals surface area contributed by atoms with E-state index in [9.17, 15) is 28.8 Å². The molecule has 222 valence electrons. The van der Waals surface area contributed by atoms with Crippen molar-refractivity contribution in [2.24, 2.45) is 47.3 Å². The van der Waals surface area contributed by atoms with E-state index in [1.807, 2.05) is 0 Å². The summed E-state index contributed by atoms with van der Waals surface area (Å²) in [6, 6.07) is 5.57. The minimum atomic E-state index is -1.13. The summed E-state index contributed by atoms with van der Waals surface area (Å²) in [4.78, 5) is 81.9. The number of unbranched alkanes of at least 4 members (excludes halogenated alkanes) is 1. The van der Waals surface area contributed by atoms with E-state index in [2.05, 4.69) is 15.9 Å². The van der Waals surface area contributed by atoms with Crippen LogP contribution in [0, 0.1) is 47.3 Å². The van der Waals surface area contributed by atoms with Crippen molar-refractivity contribution in [2.45, 2.75) is 63.8 Å². The predicted molar refractivity (Wildman–Crippen MR) is 151 cm³/mol. The minimum absolute atomic E-state index is 0.0622. The summed E-state index contributed by atoms with van der Waals surface area (Å²) in [6.07, 6.45) is 6.80. The first-order chi connectivity index (χ1) is 20.2. The number of hydrogen-bond donors (Lipinski definition) is 0. The third-order valence-corrected chi connectivity index (χ3v) is 11.7. The van der Waals surface area contributed by atoms with Crippen molar-refractivity contribution in [1.82, 2.24) is 9.80 Å². The number of halogens is 1. The molecule has 0 aromatic heterocycles. The molecule has 4 amide bonds. The summed E-state index contributed by atoms with van der Waals surface area (Å²) >= 11 is 3.33. The molecule has 4 saturated carbocycles. The monoisotopic (exact) mass is 638 g/mol. The highest BCUT2D eigenvalue weighted by Gasteiger charge is 2.63. The topological polar surface area (TPSA) is 118 Å². The molecule has 6 fully saturated rings. The summed E-state index contributed by atoms with van der Waals surface area (Å²) < 4.78 is 6.25. The number of carbonyl (C=O) groups excluding carboxylic acids is 6. The van der Waals surface area contributed by atoms with Crippen LogP contribution < -0.4 is 0 Å². The summed E-state index contributed by atoms with van der Waals surface area (Å²) in [5.74, 6) is -1.95. The number of amides is 4. The Hall–Kier alpha value is -2.88. The van der Waals surface area contributed by atoms with Gasteiger partial charge in [-0.05, 0) is 93.6 Å². The molecule has 6 aliphatic rings. The molecule has 10 heteroatoms. The number of ketones is 1. The lowest BCUT2D eigenvalue weighted by Gasteiger charge is -2.26. The van der Waals surface area contributed by atoms with Gasteiger partial charge in [0.25, 0.3) is 0 Å². The van der Waals surface area contributed by atoms with Crippen LogP contribution in [-0.4, -0.2) is 64.4 Å². The Morgan fingerprint density at radius 1 is 0.762 bits per heavy atom. The van der Waals surface area contributed by atoms with Gasteiger partial charge in [-0.3, -0.25) is 33.8 Å². The first-order valence-corrected chi connectivity index (χ1v) is 16.2. The van der Waals surface area contributed by atoms with E-state index in [0.29, 0.717) is 30.2 Å². The van der Waals surface area contributed by atoms with Crippen LogP contribution in [0.5, 0.6) is 0 Å². The van der Waals surface area contributed by atoms with Gasteiger partial charge in [-0.1, -0.05) is 28.1 Å². The van der Waals surface area contributed by atoms with Crippen LogP contribution in [-0.2, 0) is 28.7 Å². The van der Waals surface area contributed by atoms with Gasteiger partial charge in [0.05, 0.1) is 23.7 Å². The molecule has 1 aromatic rings. The molecule has 0 N–H and O–H groups in total. The molecular formula is C32H35BrN2O7. The van der Waals surface area contributed by atoms with Crippen LogP contribution in [0.25, 0.3) is 0 Å². The van der Waals surface area contributed by atoms with Crippen LogP contribution in [0.2, 0.25) is 0 Å². The average Bonchev–Trinajstić information content (AvgIpc) is 3.83. The number of ether oxygens (including phenoxy) is 1. The van der Waals surface area contributed by atoms with Crippen molar-refractivity contribution in [2.75, 3.05) is 13.2 Å². The van der Waals surface area contributed by atoms with Crippen LogP contribution in [0.4, 0.5) is 0 Å². The molecular weight excluding hydrogens is 604 g/mol. The van der Waals surface area contributed by atoms with Crippen molar-refractivity contribution < 1.29 is 33.5 Å². The van der Waals surface area contributed by atoms with Gasteiger partial charge in [-0.2, -0.15) is 0 Å². The first-order valence-electron chi connectivity index (χ1n) is 15.4. The molecule has 42 heavy (non-hydrogen) atoms. The number of imide groups is 2. The van der Waals surface area contributed by atoms with Gasteiger partial charge < -0.3 is 4.74 Å². The van der Waals surface area contributed by atoms with Gasteiger partial charge in [0.1, 0.15) is 6.04 Å². The third-order valence-electron chi connectivity index (χ3n) is 11.2. The molecule has 2 aliphatic heterocycles. The molecule has 9 atom stereocenters. The Labute approximate surface area is 252 Å². The normalized spacial score (nSPS) is 34.9. The predicted octanol–water partition coefficient (Wildman–Crippen LogP) is 3.78. The quantitative estimate of drug-likeness (QED) is 0.166. The maximum atomic E-state index is 13.6. The highest BCUT2D eigenvalue weighted by atomic mass is 79.9. The van der Waals surface area contributed by atoms with E-state index in [1.54, 1.807) is 24.3 Å². The Morgan fingerprint density at radius 3 is 1.79 bits per heavy atom. The Morgan fingerprint density at radius 2 is 1.26 bits per heavy atom. The molecule has 1 aromatic carbocycles. The lowest BCUT2D eigenvalue weighted by atomic mass is 9.81. The summed E-state index contributed by atoms with van der Waals surface area (Å²) in [6.45, 7) is -0.224. The van der Waals surface area contributed by atoms with Gasteiger partial charge in [0.2, 0.25) is 23.6 Å². The van der Waals surface area contributed by atoms with Gasteiger partial charge in [-0.25, -0.2) is 4.79 Å². The zero-order valence-corrected chi connectivity index (χ0v) is 25.0. The van der Waals surface area contributed by atoms with E-state index in [-0.39, 0.29) is 77.9 Å². The van der Waals surface area contributed by atoms with E-state index < -0.39 is 18.6 Å². The Kier molecular flexibility index (Phi) is 7.10. The fourth-order valence-electron chi connectivity index (χ4n) is 9.34. The fraction of sp³-hybridized carbons (Fsp3) is 0.625. The largest absolute Gasteiger partial charge is 0.456 e. The summed E-state index contributed by atoms with van der Waals surface area (Å²) in [7, 11) is 0. The summed E-state index contributed by atoms with van der Waals surface area (Å²) in [5.41, 5.74) is 0.389. The van der Waals surface area contributed by atoms with Crippen molar-refractivity contribution >= 4 is 51.3 Å². The maximum absolute atomic E-state index is 13.6. The lowest BCUT2D eigenvalue weighted by Crippen LogP contribution is -2.47. The number of carbonyl (C=O) groups is 6. The minimum Gasteiger partial charge on any atom is -0.456 e. The molecule has 7 rings (SSSR count). The van der Waals surface area contributed by atoms with Crippen molar-refractivity contribution in [1.29, 1.82) is 0 Å². The number of likely N-dealkylation sites (tertiary alicyclic amines) is 2. The van der Waals surface area contributed by atoms with Gasteiger partial charge in [0, 0.05) is 16.6 Å². The van der Waals surface area contributed by atoms with E-state index in [0.717, 1.165) is 47.9 Å². The number of Topliss-reactive ketones (excluding diaryl/α,β-unsaturated/α-hetero) is 1. The van der Waals surface area contributed by atoms with Crippen LogP contribution >= 0.6 is 15.9 Å². The molecule has 9 nitrogen and oxygen atoms in total. The molecule has 4 aliphatic carbocycles. The molecule has 0 unspecified atom stereocenters. The maximum Gasteiger partial charge on any atom is 0.329 e. The molecule has 0 spiro atoms. The SMILES string of the molecule is O=C(COC(=O)[C@H](CCCCN1C(=O)[C@@H]2[C@H]3CC[C@@H](C3)[C@@H]2C1=O)N1C(=O)[C@@H]2[C@H]3CC[C@@H](C3)[C@@H]2C1=O)c1ccc(Br)cc1. The third kappa shape index (κ3) is 4.38. The highest BCUT2D eigenvalue weighted by Crippen LogP contribution is 2.57. The Balaban J connectivity index is 1.02. The first kappa shape index (κ1) is 27.9. The number of nitrogens with zero attached hydrogens (tertiary/aromatic N) is 2. The molecule has 2 saturated heterocycles. The molecule has 4 bridgehead atoms. The second-order valence-corrected chi connectivity index (χ2v) is 14.1. The number of benzene rings is 1. The number of esters is 1. The number of hydrogen-bond acceptors (Lipinski definition) is 7. The van der Waals surface area contributed by atoms with E-state index >= 15 is 0 Å². The van der Waals surface area contributed by atoms with Crippen molar-refractivity contribution in [3.8, 4) is 0 Å². The zero-order valence-electron chi connectivity index (χ0n) is 23.4. The second-order valence-electron chi connectivity index (χ2n) is 13.2. The van der Waals surface area contributed by atoms with Crippen LogP contribution in [0.15, 0.2) is 28.7 Å². The average molecular weight is 640 g/mol. The number of rotatable bonds is 10. The number of fused-ring (bicyclic) bond motifs is 10. The smallest absolute Gasteiger partial charge is 0.329 e. The van der Waals surface area contributed by atoms with E-state index in [4.69, 9.17) is 4.74 Å². The van der Waals surface area contributed by atoms with Gasteiger partial charge in [0.15, 0.2) is 12.4 Å². The van der Waals surface area contributed by atoms with Crippen LogP contribution in [0.1, 0.15) is 68.1 Å². The second kappa shape index (κ2) is 10.7. The summed E-state index contributed by atoms with van der Waals surface area (Å²) in [5, 5.41) is 0. The zero-order chi connectivity index (χ0) is 29.3. The standard InChI is InChI=1S/C32H35BrN2O7/c33-21-10-8-16(9-11-21)23(36)15-42-32(41)22(35-30(39)26-19-6-7-20(14-19)27(26)31(35)40)3-1-2-12-34-28(37)24-17-4-5-18(13-17)25(24)29(34)38/h8-11,17-20,22,24-27H,1-7,12-15H2/t17-,18-,19-,20-,22-,24-,25+,26-,27+/m0/s1. The molecule has 0 radical (unpaired) electrons. The van der Waals surface area contributed by atoms with Gasteiger partial charge >= 0.3 is 5.97 Å². The van der Waals surface area contributed by atoms with Crippen LogP contribution in [0.3, 0.4) is 0 Å². The fourth-order valence-corrected chi connectivity index (χ4v) is 9.61. The van der Waals surface area contributed by atoms with Gasteiger partial charge in [-0.15, -0.1) is 0 Å². The molecule has 2 heterocycles. The Bertz CT molecular complexity index is 1300. The van der Waals surface area contributed by atoms with Crippen molar-refractivity contribution in [3.63, 3.8) is 0 Å². The van der Waals surface area contributed by atoms with E-state index in [1.165, 1.54) is 4.90 Å². The van der Waals surface area contributed by atoms with Crippen molar-refractivity contribution in [3.05, 3.63) is 34.3 Å².